The van der Waals surface area contributed by atoms with E-state index in [4.69, 9.17) is 0 Å². The minimum absolute atomic E-state index is 0.0457. The third-order valence-electron chi connectivity index (χ3n) is 9.20. The Morgan fingerprint density at radius 1 is 0.818 bits per heavy atom. The minimum atomic E-state index is -0.455. The smallest absolute Gasteiger partial charge is 0.0675 e. The maximum Gasteiger partial charge on any atom is 0.0675 e. The van der Waals surface area contributed by atoms with E-state index in [1.807, 2.05) is 0 Å². The molecule has 0 aromatic heterocycles. The first-order valence-electron chi connectivity index (χ1n) is 9.68. The van der Waals surface area contributed by atoms with Crippen molar-refractivity contribution >= 4 is 0 Å². The average Bonchev–Trinajstić information content (AvgIpc) is 2.70. The summed E-state index contributed by atoms with van der Waals surface area (Å²) in [5.74, 6) is 3.13. The first-order chi connectivity index (χ1) is 10.3. The van der Waals surface area contributed by atoms with Gasteiger partial charge in [-0.3, -0.25) is 0 Å². The summed E-state index contributed by atoms with van der Waals surface area (Å²) < 4.78 is 0. The molecule has 4 saturated carbocycles. The number of hydrogen-bond donors (Lipinski definition) is 2. The molecule has 2 N–H and O–H groups in total. The molecule has 0 radical (unpaired) electrons. The van der Waals surface area contributed by atoms with Crippen LogP contribution < -0.4 is 0 Å². The zero-order valence-electron chi connectivity index (χ0n) is 14.6. The van der Waals surface area contributed by atoms with E-state index < -0.39 is 5.60 Å². The first-order valence-corrected chi connectivity index (χ1v) is 9.68. The van der Waals surface area contributed by atoms with Crippen LogP contribution in [0.1, 0.15) is 78.6 Å². The first kappa shape index (κ1) is 15.4. The Hall–Kier alpha value is -0.0800. The SMILES string of the molecule is C[C@]12CC[C@@H](O)C[C@@H]1CC[C@H]1[C@H]3CC[C@](C)(O)[C@@]3(C)CC[C@@H]12. The number of rotatable bonds is 0. The lowest BCUT2D eigenvalue weighted by Gasteiger charge is -2.61. The van der Waals surface area contributed by atoms with Gasteiger partial charge in [0.05, 0.1) is 11.7 Å². The van der Waals surface area contributed by atoms with Gasteiger partial charge in [0.1, 0.15) is 0 Å². The van der Waals surface area contributed by atoms with Crippen molar-refractivity contribution in [3.63, 3.8) is 0 Å². The number of aliphatic hydroxyl groups excluding tert-OH is 1. The summed E-state index contributed by atoms with van der Waals surface area (Å²) in [6, 6.07) is 0. The van der Waals surface area contributed by atoms with Crippen LogP contribution in [0.4, 0.5) is 0 Å². The van der Waals surface area contributed by atoms with E-state index in [9.17, 15) is 10.2 Å². The molecule has 22 heavy (non-hydrogen) atoms. The van der Waals surface area contributed by atoms with Gasteiger partial charge in [0.2, 0.25) is 0 Å². The largest absolute Gasteiger partial charge is 0.393 e. The lowest BCUT2D eigenvalue weighted by molar-refractivity contribution is -0.153. The second-order valence-electron chi connectivity index (χ2n) is 9.85. The van der Waals surface area contributed by atoms with E-state index in [2.05, 4.69) is 20.8 Å². The van der Waals surface area contributed by atoms with Crippen LogP contribution in [0.5, 0.6) is 0 Å². The molecule has 0 unspecified atom stereocenters. The standard InChI is InChI=1S/C20H34O2/c1-18-9-6-14(21)12-13(18)4-5-15-16(18)7-10-19(2)17(15)8-11-20(19,3)22/h13-17,21-22H,4-12H2,1-3H3/t13-,14+,15+,16-,17+,18-,19-,20-/m0/s1. The molecule has 0 heterocycles. The second kappa shape index (κ2) is 4.72. The number of aliphatic hydroxyl groups is 2. The van der Waals surface area contributed by atoms with E-state index in [-0.39, 0.29) is 11.5 Å². The molecular formula is C20H34O2. The van der Waals surface area contributed by atoms with Crippen molar-refractivity contribution in [2.75, 3.05) is 0 Å². The Morgan fingerprint density at radius 3 is 2.32 bits per heavy atom. The van der Waals surface area contributed by atoms with Crippen molar-refractivity contribution in [1.82, 2.24) is 0 Å². The van der Waals surface area contributed by atoms with Gasteiger partial charge in [-0.05, 0) is 99.2 Å². The quantitative estimate of drug-likeness (QED) is 0.706. The zero-order valence-corrected chi connectivity index (χ0v) is 14.6. The van der Waals surface area contributed by atoms with Gasteiger partial charge in [0.15, 0.2) is 0 Å². The van der Waals surface area contributed by atoms with Gasteiger partial charge < -0.3 is 10.2 Å². The topological polar surface area (TPSA) is 40.5 Å². The summed E-state index contributed by atoms with van der Waals surface area (Å²) >= 11 is 0. The fourth-order valence-corrected chi connectivity index (χ4v) is 7.48. The fourth-order valence-electron chi connectivity index (χ4n) is 7.48. The van der Waals surface area contributed by atoms with Crippen molar-refractivity contribution in [3.05, 3.63) is 0 Å². The molecule has 2 nitrogen and oxygen atoms in total. The Labute approximate surface area is 135 Å². The highest BCUT2D eigenvalue weighted by Crippen LogP contribution is 2.68. The Morgan fingerprint density at radius 2 is 1.55 bits per heavy atom. The van der Waals surface area contributed by atoms with E-state index in [0.717, 1.165) is 42.9 Å². The van der Waals surface area contributed by atoms with Crippen LogP contribution in [-0.2, 0) is 0 Å². The zero-order chi connectivity index (χ0) is 15.8. The fraction of sp³-hybridized carbons (Fsp3) is 1.00. The van der Waals surface area contributed by atoms with Crippen molar-refractivity contribution in [2.24, 2.45) is 34.5 Å². The van der Waals surface area contributed by atoms with E-state index in [0.29, 0.717) is 5.41 Å². The van der Waals surface area contributed by atoms with Gasteiger partial charge in [-0.1, -0.05) is 13.8 Å². The summed E-state index contributed by atoms with van der Waals surface area (Å²) in [4.78, 5) is 0. The van der Waals surface area contributed by atoms with Crippen LogP contribution in [0.15, 0.2) is 0 Å². The summed E-state index contributed by atoms with van der Waals surface area (Å²) in [5, 5.41) is 21.0. The Bertz CT molecular complexity index is 459. The molecule has 4 aliphatic carbocycles. The third kappa shape index (κ3) is 1.86. The van der Waals surface area contributed by atoms with Crippen molar-refractivity contribution in [2.45, 2.75) is 90.3 Å². The molecule has 0 aromatic carbocycles. The average molecular weight is 306 g/mol. The van der Waals surface area contributed by atoms with Gasteiger partial charge in [-0.2, -0.15) is 0 Å². The number of fused-ring (bicyclic) bond motifs is 5. The van der Waals surface area contributed by atoms with Crippen LogP contribution in [0.2, 0.25) is 0 Å². The highest BCUT2D eigenvalue weighted by Gasteiger charge is 2.63. The predicted molar refractivity (Wildman–Crippen MR) is 88.4 cm³/mol. The Balaban J connectivity index is 1.64. The molecule has 4 aliphatic rings. The highest BCUT2D eigenvalue weighted by molar-refractivity contribution is 5.12. The monoisotopic (exact) mass is 306 g/mol. The highest BCUT2D eigenvalue weighted by atomic mass is 16.3. The van der Waals surface area contributed by atoms with Crippen molar-refractivity contribution < 1.29 is 10.2 Å². The summed E-state index contributed by atoms with van der Waals surface area (Å²) in [5.41, 5.74) is 0.145. The molecule has 0 aliphatic heterocycles. The van der Waals surface area contributed by atoms with Crippen molar-refractivity contribution in [1.29, 1.82) is 0 Å². The lowest BCUT2D eigenvalue weighted by atomic mass is 9.44. The van der Waals surface area contributed by atoms with E-state index in [1.54, 1.807) is 0 Å². The molecule has 4 fully saturated rings. The second-order valence-corrected chi connectivity index (χ2v) is 9.85. The molecule has 0 aromatic rings. The van der Waals surface area contributed by atoms with Gasteiger partial charge >= 0.3 is 0 Å². The van der Waals surface area contributed by atoms with Gasteiger partial charge in [0, 0.05) is 0 Å². The van der Waals surface area contributed by atoms with Crippen molar-refractivity contribution in [3.8, 4) is 0 Å². The van der Waals surface area contributed by atoms with Crippen LogP contribution in [0.3, 0.4) is 0 Å². The molecule has 4 rings (SSSR count). The molecule has 0 bridgehead atoms. The molecule has 8 atom stereocenters. The molecular weight excluding hydrogens is 272 g/mol. The van der Waals surface area contributed by atoms with Crippen LogP contribution >= 0.6 is 0 Å². The summed E-state index contributed by atoms with van der Waals surface area (Å²) in [6.45, 7) is 7.01. The van der Waals surface area contributed by atoms with E-state index >= 15 is 0 Å². The van der Waals surface area contributed by atoms with Crippen LogP contribution in [-0.4, -0.2) is 21.9 Å². The molecule has 0 spiro atoms. The lowest BCUT2D eigenvalue weighted by Crippen LogP contribution is -2.56. The summed E-state index contributed by atoms with van der Waals surface area (Å²) in [6.07, 6.45) is 10.6. The van der Waals surface area contributed by atoms with Crippen LogP contribution in [0.25, 0.3) is 0 Å². The number of hydrogen-bond acceptors (Lipinski definition) is 2. The van der Waals surface area contributed by atoms with Gasteiger partial charge in [0.25, 0.3) is 0 Å². The van der Waals surface area contributed by atoms with E-state index in [1.165, 1.54) is 38.5 Å². The van der Waals surface area contributed by atoms with Gasteiger partial charge in [-0.25, -0.2) is 0 Å². The Kier molecular flexibility index (Phi) is 3.32. The molecule has 2 heteroatoms. The van der Waals surface area contributed by atoms with Crippen LogP contribution in [0, 0.1) is 34.5 Å². The normalized spacial score (nSPS) is 61.2. The summed E-state index contributed by atoms with van der Waals surface area (Å²) in [7, 11) is 0. The molecule has 126 valence electrons. The third-order valence-corrected chi connectivity index (χ3v) is 9.20. The maximum absolute atomic E-state index is 10.9. The minimum Gasteiger partial charge on any atom is -0.393 e. The molecule has 0 saturated heterocycles. The molecule has 0 amide bonds. The maximum atomic E-state index is 10.9. The predicted octanol–water partition coefficient (Wildman–Crippen LogP) is 4.14. The van der Waals surface area contributed by atoms with Gasteiger partial charge in [-0.15, -0.1) is 0 Å².